The van der Waals surface area contributed by atoms with Gasteiger partial charge in [-0.2, -0.15) is 0 Å². The van der Waals surface area contributed by atoms with Gasteiger partial charge in [0, 0.05) is 12.6 Å². The van der Waals surface area contributed by atoms with Crippen molar-refractivity contribution in [2.24, 2.45) is 0 Å². The summed E-state index contributed by atoms with van der Waals surface area (Å²) in [5.41, 5.74) is 0. The average Bonchev–Trinajstić information content (AvgIpc) is 2.41. The first-order valence-electron chi connectivity index (χ1n) is 4.25. The Morgan fingerprint density at radius 2 is 2.36 bits per heavy atom. The molecule has 0 radical (unpaired) electrons. The fraction of sp³-hybridized carbons (Fsp3) is 0.625. The minimum Gasteiger partial charge on any atom is -0.411 e. The van der Waals surface area contributed by atoms with E-state index >= 15 is 0 Å². The monoisotopic (exact) mass is 250 g/mol. The van der Waals surface area contributed by atoms with Crippen LogP contribution in [0.1, 0.15) is 6.42 Å². The maximum atomic E-state index is 11.2. The summed E-state index contributed by atoms with van der Waals surface area (Å²) in [4.78, 5) is 1.75. The van der Waals surface area contributed by atoms with Gasteiger partial charge in [0.1, 0.15) is 0 Å². The molecule has 14 heavy (non-hydrogen) atoms. The molecule has 3 nitrogen and oxygen atoms in total. The Labute approximate surface area is 95.5 Å². The zero-order valence-electron chi connectivity index (χ0n) is 7.68. The molecule has 6 heteroatoms. The van der Waals surface area contributed by atoms with Gasteiger partial charge < -0.3 is 29.7 Å². The van der Waals surface area contributed by atoms with Gasteiger partial charge in [0.25, 0.3) is 0 Å². The molecule has 1 atom stereocenters. The van der Waals surface area contributed by atoms with Crippen LogP contribution in [0.2, 0.25) is 0 Å². The molecule has 1 aliphatic heterocycles. The van der Waals surface area contributed by atoms with Crippen molar-refractivity contribution in [2.75, 3.05) is 18.1 Å². The summed E-state index contributed by atoms with van der Waals surface area (Å²) in [7, 11) is -2.87. The molecule has 0 bridgehead atoms. The van der Waals surface area contributed by atoms with Crippen molar-refractivity contribution in [1.82, 2.24) is 4.90 Å². The highest BCUT2D eigenvalue weighted by Crippen LogP contribution is 2.17. The van der Waals surface area contributed by atoms with Crippen molar-refractivity contribution >= 4 is 39.0 Å². The summed E-state index contributed by atoms with van der Waals surface area (Å²) in [6.07, 6.45) is 2.30. The first kappa shape index (κ1) is 11.9. The lowest BCUT2D eigenvalue weighted by atomic mass is 10.2. The number of hydrogen-bond donors (Lipinski definition) is 0. The minimum absolute atomic E-state index is 0.0528. The molecule has 1 fully saturated rings. The lowest BCUT2D eigenvalue weighted by Gasteiger charge is -2.32. The highest BCUT2D eigenvalue weighted by Gasteiger charge is 2.30. The van der Waals surface area contributed by atoms with Gasteiger partial charge in [-0.15, -0.1) is 6.58 Å². The zero-order chi connectivity index (χ0) is 10.8. The lowest BCUT2D eigenvalue weighted by Crippen LogP contribution is -2.39. The normalized spacial score (nSPS) is 24.4. The highest BCUT2D eigenvalue weighted by atomic mass is 32.2. The van der Waals surface area contributed by atoms with Gasteiger partial charge in [0.2, 0.25) is 0 Å². The number of thiocarbonyl (C=S) groups is 1. The summed E-state index contributed by atoms with van der Waals surface area (Å²) in [6, 6.07) is -0.0528. The second kappa shape index (κ2) is 4.55. The first-order valence-corrected chi connectivity index (χ1v) is 6.89. The van der Waals surface area contributed by atoms with Crippen LogP contribution in [0.5, 0.6) is 0 Å². The van der Waals surface area contributed by atoms with Gasteiger partial charge in [-0.25, -0.2) is 8.42 Å². The average molecular weight is 250 g/mol. The summed E-state index contributed by atoms with van der Waals surface area (Å²) in [5, 5.41) is 0. The molecule has 0 amide bonds. The topological polar surface area (TPSA) is 37.4 Å². The lowest BCUT2D eigenvalue weighted by molar-refractivity contribution is 0.377. The molecule has 1 rings (SSSR count). The fourth-order valence-corrected chi connectivity index (χ4v) is 3.71. The standard InChI is InChI=1S/C8H13NO2S3/c1-2-4-9(8(12)13)7-3-5-14(10,11)6-7/h2,7H,1,3-6H2,(H,12,13)/p-1. The van der Waals surface area contributed by atoms with Gasteiger partial charge in [0.15, 0.2) is 9.84 Å². The van der Waals surface area contributed by atoms with E-state index in [0.717, 1.165) is 0 Å². The van der Waals surface area contributed by atoms with Crippen LogP contribution >= 0.6 is 12.2 Å². The maximum absolute atomic E-state index is 11.2. The minimum atomic E-state index is -2.87. The van der Waals surface area contributed by atoms with Gasteiger partial charge in [-0.1, -0.05) is 10.4 Å². The second-order valence-electron chi connectivity index (χ2n) is 3.26. The quantitative estimate of drug-likeness (QED) is 0.414. The van der Waals surface area contributed by atoms with E-state index in [0.29, 0.717) is 17.3 Å². The Morgan fingerprint density at radius 1 is 1.71 bits per heavy atom. The molecule has 1 aliphatic rings. The van der Waals surface area contributed by atoms with Crippen LogP contribution in [-0.2, 0) is 22.5 Å². The van der Waals surface area contributed by atoms with Crippen molar-refractivity contribution in [3.05, 3.63) is 12.7 Å². The van der Waals surface area contributed by atoms with E-state index in [1.54, 1.807) is 11.0 Å². The predicted octanol–water partition coefficient (Wildman–Crippen LogP) is 0.493. The van der Waals surface area contributed by atoms with Crippen LogP contribution in [0, 0.1) is 0 Å². The van der Waals surface area contributed by atoms with Crippen LogP contribution < -0.4 is 0 Å². The maximum Gasteiger partial charge on any atom is 0.152 e. The summed E-state index contributed by atoms with van der Waals surface area (Å²) in [6.45, 7) is 4.12. The molecule has 0 aliphatic carbocycles. The first-order chi connectivity index (χ1) is 6.46. The third-order valence-corrected chi connectivity index (χ3v) is 4.43. The van der Waals surface area contributed by atoms with Gasteiger partial charge in [-0.05, 0) is 6.42 Å². The SMILES string of the molecule is C=CCN(C(=S)[S-])C1CCS(=O)(=O)C1. The summed E-state index contributed by atoms with van der Waals surface area (Å²) < 4.78 is 22.8. The van der Waals surface area contributed by atoms with E-state index in [-0.39, 0.29) is 17.5 Å². The Balaban J connectivity index is 2.72. The molecular weight excluding hydrogens is 238 g/mol. The number of nitrogens with zero attached hydrogens (tertiary/aromatic N) is 1. The molecule has 0 N–H and O–H groups in total. The van der Waals surface area contributed by atoms with Gasteiger partial charge >= 0.3 is 0 Å². The number of sulfone groups is 1. The molecule has 0 aromatic carbocycles. The van der Waals surface area contributed by atoms with Crippen LogP contribution in [0.4, 0.5) is 0 Å². The fourth-order valence-electron chi connectivity index (χ4n) is 1.53. The third kappa shape index (κ3) is 2.90. The second-order valence-corrected chi connectivity index (χ2v) is 6.52. The molecule has 0 saturated carbocycles. The summed E-state index contributed by atoms with van der Waals surface area (Å²) >= 11 is 9.78. The van der Waals surface area contributed by atoms with Crippen molar-refractivity contribution < 1.29 is 8.42 Å². The van der Waals surface area contributed by atoms with E-state index in [9.17, 15) is 8.42 Å². The number of rotatable bonds is 3. The van der Waals surface area contributed by atoms with Gasteiger partial charge in [-0.3, -0.25) is 0 Å². The molecule has 80 valence electrons. The Kier molecular flexibility index (Phi) is 3.86. The van der Waals surface area contributed by atoms with Crippen molar-refractivity contribution in [2.45, 2.75) is 12.5 Å². The van der Waals surface area contributed by atoms with Crippen molar-refractivity contribution in [1.29, 1.82) is 0 Å². The highest BCUT2D eigenvalue weighted by molar-refractivity contribution is 8.00. The van der Waals surface area contributed by atoms with E-state index < -0.39 is 9.84 Å². The molecule has 0 aromatic heterocycles. The summed E-state index contributed by atoms with van der Waals surface area (Å²) in [5.74, 6) is 0.404. The molecule has 1 heterocycles. The number of hydrogen-bond acceptors (Lipinski definition) is 4. The van der Waals surface area contributed by atoms with E-state index in [1.807, 2.05) is 0 Å². The molecule has 0 aromatic rings. The van der Waals surface area contributed by atoms with Crippen LogP contribution in [0.15, 0.2) is 12.7 Å². The van der Waals surface area contributed by atoms with E-state index in [2.05, 4.69) is 6.58 Å². The molecule has 1 saturated heterocycles. The predicted molar refractivity (Wildman–Crippen MR) is 63.9 cm³/mol. The Bertz CT molecular complexity index is 336. The smallest absolute Gasteiger partial charge is 0.152 e. The Morgan fingerprint density at radius 3 is 2.71 bits per heavy atom. The third-order valence-electron chi connectivity index (χ3n) is 2.21. The molecular formula is C8H12NO2S3-. The van der Waals surface area contributed by atoms with Crippen LogP contribution in [-0.4, -0.2) is 41.7 Å². The Hall–Kier alpha value is -0.200. The van der Waals surface area contributed by atoms with Crippen molar-refractivity contribution in [3.63, 3.8) is 0 Å². The zero-order valence-corrected chi connectivity index (χ0v) is 10.1. The van der Waals surface area contributed by atoms with Crippen molar-refractivity contribution in [3.8, 4) is 0 Å². The van der Waals surface area contributed by atoms with E-state index in [4.69, 9.17) is 24.8 Å². The van der Waals surface area contributed by atoms with Crippen LogP contribution in [0.25, 0.3) is 0 Å². The van der Waals surface area contributed by atoms with E-state index in [1.165, 1.54) is 0 Å². The molecule has 1 unspecified atom stereocenters. The van der Waals surface area contributed by atoms with Crippen LogP contribution in [0.3, 0.4) is 0 Å². The molecule has 0 spiro atoms. The largest absolute Gasteiger partial charge is 0.411 e. The van der Waals surface area contributed by atoms with Gasteiger partial charge in [0.05, 0.1) is 11.5 Å².